The van der Waals surface area contributed by atoms with E-state index >= 15 is 0 Å². The quantitative estimate of drug-likeness (QED) is 0.458. The number of aromatic nitrogens is 5. The van der Waals surface area contributed by atoms with Gasteiger partial charge in [0, 0.05) is 30.4 Å². The Morgan fingerprint density at radius 3 is 2.61 bits per heavy atom. The number of amides is 2. The molecule has 182 valence electrons. The van der Waals surface area contributed by atoms with Gasteiger partial charge in [0.25, 0.3) is 11.8 Å². The fraction of sp³-hybridized carbons (Fsp3) is 0.308. The van der Waals surface area contributed by atoms with E-state index in [0.29, 0.717) is 48.7 Å². The topological polar surface area (TPSA) is 126 Å². The van der Waals surface area contributed by atoms with Gasteiger partial charge in [0.15, 0.2) is 6.10 Å². The third-order valence-corrected chi connectivity index (χ3v) is 6.95. The molecule has 1 saturated heterocycles. The van der Waals surface area contributed by atoms with Crippen LogP contribution in [-0.2, 0) is 15.1 Å². The van der Waals surface area contributed by atoms with Gasteiger partial charge >= 0.3 is 0 Å². The van der Waals surface area contributed by atoms with Gasteiger partial charge in [-0.05, 0) is 56.0 Å². The number of ether oxygens (including phenoxy) is 1. The van der Waals surface area contributed by atoms with Crippen LogP contribution < -0.4 is 5.32 Å². The highest BCUT2D eigenvalue weighted by Crippen LogP contribution is 2.49. The molecule has 2 N–H and O–H groups in total. The number of piperidine rings is 1. The van der Waals surface area contributed by atoms with E-state index in [-0.39, 0.29) is 11.8 Å². The number of hydrogen-bond donors (Lipinski definition) is 2. The number of likely N-dealkylation sites (tertiary alicyclic amines) is 1. The first kappa shape index (κ1) is 22.3. The number of aromatic amines is 1. The second kappa shape index (κ2) is 8.49. The lowest BCUT2D eigenvalue weighted by Gasteiger charge is -2.39. The van der Waals surface area contributed by atoms with Gasteiger partial charge in [0.05, 0.1) is 5.60 Å². The molecular weight excluding hydrogens is 458 g/mol. The van der Waals surface area contributed by atoms with Gasteiger partial charge < -0.3 is 15.0 Å². The Morgan fingerprint density at radius 1 is 1.03 bits per heavy atom. The largest absolute Gasteiger partial charge is 0.352 e. The summed E-state index contributed by atoms with van der Waals surface area (Å²) in [5.41, 5.74) is 3.98. The smallest absolute Gasteiger partial charge is 0.259 e. The van der Waals surface area contributed by atoms with E-state index in [4.69, 9.17) is 4.74 Å². The van der Waals surface area contributed by atoms with Crippen molar-refractivity contribution in [2.75, 3.05) is 18.4 Å². The van der Waals surface area contributed by atoms with Crippen LogP contribution in [0.3, 0.4) is 0 Å². The maximum Gasteiger partial charge on any atom is 0.259 e. The molecule has 0 saturated carbocycles. The number of carbonyl (C=O) groups excluding carboxylic acids is 2. The summed E-state index contributed by atoms with van der Waals surface area (Å²) in [5, 5.41) is 13.6. The number of carbonyl (C=O) groups is 2. The molecule has 1 fully saturated rings. The highest BCUT2D eigenvalue weighted by Gasteiger charge is 2.49. The predicted octanol–water partition coefficient (Wildman–Crippen LogP) is 3.21. The molecule has 2 aliphatic rings. The van der Waals surface area contributed by atoms with Crippen LogP contribution in [0, 0.1) is 13.8 Å². The van der Waals surface area contributed by atoms with E-state index in [1.807, 2.05) is 36.1 Å². The number of H-pyrrole nitrogens is 1. The lowest BCUT2D eigenvalue weighted by Crippen LogP contribution is -2.45. The molecular formula is C26H25N7O3. The SMILES string of the molecule is Cc1cc(NC(=O)C2OC3(CCN(C(=O)c4ccc5n[nH]nc5c4)CC3)c3ccccc32)nc(C)n1. The summed E-state index contributed by atoms with van der Waals surface area (Å²) in [7, 11) is 0. The maximum absolute atomic E-state index is 13.3. The average Bonchev–Trinajstić information content (AvgIpc) is 3.46. The zero-order chi connectivity index (χ0) is 24.9. The lowest BCUT2D eigenvalue weighted by molar-refractivity contribution is -0.145. The van der Waals surface area contributed by atoms with Crippen molar-refractivity contribution in [2.45, 2.75) is 38.4 Å². The molecule has 0 radical (unpaired) electrons. The number of anilines is 1. The normalized spacial score (nSPS) is 18.4. The van der Waals surface area contributed by atoms with E-state index in [1.54, 1.807) is 31.2 Å². The van der Waals surface area contributed by atoms with Crippen molar-refractivity contribution in [3.8, 4) is 0 Å². The summed E-state index contributed by atoms with van der Waals surface area (Å²) in [6, 6.07) is 14.9. The fourth-order valence-corrected chi connectivity index (χ4v) is 5.27. The van der Waals surface area contributed by atoms with E-state index in [0.717, 1.165) is 22.3 Å². The first-order chi connectivity index (χ1) is 17.4. The van der Waals surface area contributed by atoms with Crippen LogP contribution >= 0.6 is 0 Å². The average molecular weight is 484 g/mol. The van der Waals surface area contributed by atoms with Crippen LogP contribution in [0.1, 0.15) is 51.9 Å². The molecule has 2 amide bonds. The molecule has 36 heavy (non-hydrogen) atoms. The zero-order valence-corrected chi connectivity index (χ0v) is 20.0. The van der Waals surface area contributed by atoms with E-state index in [2.05, 4.69) is 30.7 Å². The summed E-state index contributed by atoms with van der Waals surface area (Å²) in [4.78, 5) is 36.9. The fourth-order valence-electron chi connectivity index (χ4n) is 5.27. The van der Waals surface area contributed by atoms with Crippen LogP contribution in [-0.4, -0.2) is 55.2 Å². The zero-order valence-electron chi connectivity index (χ0n) is 20.0. The minimum absolute atomic E-state index is 0.0511. The number of rotatable bonds is 3. The van der Waals surface area contributed by atoms with E-state index in [1.165, 1.54) is 0 Å². The van der Waals surface area contributed by atoms with Gasteiger partial charge in [-0.3, -0.25) is 9.59 Å². The van der Waals surface area contributed by atoms with Crippen LogP contribution in [0.2, 0.25) is 0 Å². The number of nitrogens with zero attached hydrogens (tertiary/aromatic N) is 5. The van der Waals surface area contributed by atoms with Crippen molar-refractivity contribution < 1.29 is 14.3 Å². The summed E-state index contributed by atoms with van der Waals surface area (Å²) < 4.78 is 6.52. The number of hydrogen-bond acceptors (Lipinski definition) is 7. The Kier molecular flexibility index (Phi) is 5.26. The third-order valence-electron chi connectivity index (χ3n) is 6.95. The van der Waals surface area contributed by atoms with Gasteiger partial charge in [0.1, 0.15) is 22.7 Å². The highest BCUT2D eigenvalue weighted by molar-refractivity contribution is 5.97. The van der Waals surface area contributed by atoms with Crippen molar-refractivity contribution in [3.05, 3.63) is 76.7 Å². The minimum Gasteiger partial charge on any atom is -0.352 e. The van der Waals surface area contributed by atoms with Crippen molar-refractivity contribution in [3.63, 3.8) is 0 Å². The molecule has 2 aromatic heterocycles. The third kappa shape index (κ3) is 3.79. The van der Waals surface area contributed by atoms with Crippen molar-refractivity contribution >= 4 is 28.7 Å². The Balaban J connectivity index is 1.20. The molecule has 0 aliphatic carbocycles. The summed E-state index contributed by atoms with van der Waals surface area (Å²) >= 11 is 0. The second-order valence-electron chi connectivity index (χ2n) is 9.33. The number of aryl methyl sites for hydroxylation is 2. The second-order valence-corrected chi connectivity index (χ2v) is 9.33. The van der Waals surface area contributed by atoms with Gasteiger partial charge in [-0.15, -0.1) is 0 Å². The van der Waals surface area contributed by atoms with Crippen LogP contribution in [0.4, 0.5) is 5.82 Å². The van der Waals surface area contributed by atoms with Gasteiger partial charge in [-0.1, -0.05) is 24.3 Å². The Bertz CT molecular complexity index is 1470. The van der Waals surface area contributed by atoms with Gasteiger partial charge in [0.2, 0.25) is 0 Å². The van der Waals surface area contributed by atoms with Crippen LogP contribution in [0.15, 0.2) is 48.5 Å². The summed E-state index contributed by atoms with van der Waals surface area (Å²) in [6.45, 7) is 4.68. The Morgan fingerprint density at radius 2 is 1.81 bits per heavy atom. The number of nitrogens with one attached hydrogen (secondary N) is 2. The molecule has 0 bridgehead atoms. The molecule has 6 rings (SSSR count). The van der Waals surface area contributed by atoms with Crippen molar-refractivity contribution in [2.24, 2.45) is 0 Å². The van der Waals surface area contributed by atoms with Gasteiger partial charge in [-0.2, -0.15) is 15.4 Å². The predicted molar refractivity (Wildman–Crippen MR) is 131 cm³/mol. The van der Waals surface area contributed by atoms with Crippen molar-refractivity contribution in [1.29, 1.82) is 0 Å². The first-order valence-electron chi connectivity index (χ1n) is 11.9. The lowest BCUT2D eigenvalue weighted by atomic mass is 9.83. The molecule has 4 heterocycles. The number of benzene rings is 2. The first-order valence-corrected chi connectivity index (χ1v) is 11.9. The summed E-state index contributed by atoms with van der Waals surface area (Å²) in [5.74, 6) is 0.729. The molecule has 4 aromatic rings. The molecule has 1 atom stereocenters. The molecule has 1 unspecified atom stereocenters. The minimum atomic E-state index is -0.756. The molecule has 1 spiro atoms. The maximum atomic E-state index is 13.3. The van der Waals surface area contributed by atoms with Crippen molar-refractivity contribution in [1.82, 2.24) is 30.3 Å². The molecule has 10 nitrogen and oxygen atoms in total. The van der Waals surface area contributed by atoms with Gasteiger partial charge in [-0.25, -0.2) is 9.97 Å². The number of fused-ring (bicyclic) bond motifs is 3. The highest BCUT2D eigenvalue weighted by atomic mass is 16.5. The van der Waals surface area contributed by atoms with Crippen LogP contribution in [0.25, 0.3) is 11.0 Å². The molecule has 2 aliphatic heterocycles. The Hall–Kier alpha value is -4.18. The molecule has 10 heteroatoms. The van der Waals surface area contributed by atoms with E-state index in [9.17, 15) is 9.59 Å². The summed E-state index contributed by atoms with van der Waals surface area (Å²) in [6.07, 6.45) is 0.433. The van der Waals surface area contributed by atoms with Crippen LogP contribution in [0.5, 0.6) is 0 Å². The monoisotopic (exact) mass is 483 g/mol. The standard InChI is InChI=1S/C26H25N7O3/c1-15-13-22(28-16(2)27-15)29-24(34)23-18-5-3-4-6-19(18)26(36-23)9-11-33(12-10-26)25(35)17-7-8-20-21(14-17)31-32-30-20/h3-8,13-14,23H,9-12H2,1-2H3,(H,30,31,32)(H,27,28,29,34). The van der Waals surface area contributed by atoms with E-state index < -0.39 is 11.7 Å². The molecule has 2 aromatic carbocycles. The Labute approximate surface area is 207 Å².